The Kier molecular flexibility index (Phi) is 11.9. The SMILES string of the molecule is C=Cc1ccc(OS(=O)CSc2ccc(OS(=O)(=O)C(F)(F)C(F)(F)C(F)(F)S(=O)(=O)NS(=O)(=O)C(F)(F)C(F)(F)C(F)(F)F)cc2)cc1. The first kappa shape index (κ1) is 42.3. The lowest BCUT2D eigenvalue weighted by Crippen LogP contribution is -2.66. The number of rotatable bonds is 16. The minimum Gasteiger partial charge on any atom is -0.400 e. The summed E-state index contributed by atoms with van der Waals surface area (Å²) in [6, 6.07) is 8.48. The lowest BCUT2D eigenvalue weighted by atomic mass is 10.2. The first-order valence-corrected chi connectivity index (χ1v) is 18.1. The third-order valence-electron chi connectivity index (χ3n) is 5.32. The maximum Gasteiger partial charge on any atom is 0.461 e. The fourth-order valence-electron chi connectivity index (χ4n) is 2.76. The second-order valence-electron chi connectivity index (χ2n) is 8.72. The molecule has 1 unspecified atom stereocenters. The number of alkyl halides is 13. The van der Waals surface area contributed by atoms with Crippen LogP contribution in [-0.2, 0) is 41.2 Å². The van der Waals surface area contributed by atoms with Gasteiger partial charge in [-0.1, -0.05) is 28.9 Å². The molecule has 0 spiro atoms. The largest absolute Gasteiger partial charge is 0.461 e. The van der Waals surface area contributed by atoms with Crippen LogP contribution in [0.5, 0.6) is 11.5 Å². The van der Waals surface area contributed by atoms with Crippen molar-refractivity contribution in [1.82, 2.24) is 4.13 Å². The summed E-state index contributed by atoms with van der Waals surface area (Å²) in [6.45, 7) is 3.52. The number of thioether (sulfide) groups is 1. The summed E-state index contributed by atoms with van der Waals surface area (Å²) in [5.74, 6) is -16.9. The summed E-state index contributed by atoms with van der Waals surface area (Å²) in [7, 11) is -24.4. The minimum absolute atomic E-state index is 0.0404. The number of hydrogen-bond acceptors (Lipinski definition) is 10. The first-order chi connectivity index (χ1) is 21.8. The van der Waals surface area contributed by atoms with E-state index in [1.54, 1.807) is 12.1 Å². The highest BCUT2D eigenvalue weighted by Gasteiger charge is 2.85. The molecule has 0 amide bonds. The predicted molar refractivity (Wildman–Crippen MR) is 144 cm³/mol. The molecule has 0 bridgehead atoms. The van der Waals surface area contributed by atoms with Crippen LogP contribution in [0.15, 0.2) is 60.0 Å². The quantitative estimate of drug-likeness (QED) is 0.127. The monoisotopic (exact) mass is 831 g/mol. The Morgan fingerprint density at radius 1 is 0.673 bits per heavy atom. The van der Waals surface area contributed by atoms with Gasteiger partial charge in [0.1, 0.15) is 16.6 Å². The second-order valence-corrected chi connectivity index (χ2v) is 16.5. The smallest absolute Gasteiger partial charge is 0.400 e. The van der Waals surface area contributed by atoms with Gasteiger partial charge in [-0.15, -0.1) is 11.8 Å². The molecule has 2 rings (SSSR count). The highest BCUT2D eigenvalue weighted by Crippen LogP contribution is 2.53. The maximum atomic E-state index is 14.4. The zero-order chi connectivity index (χ0) is 38.3. The molecule has 0 radical (unpaired) electrons. The van der Waals surface area contributed by atoms with Crippen molar-refractivity contribution in [1.29, 1.82) is 0 Å². The molecule has 2 aromatic rings. The molecule has 0 saturated carbocycles. The number of sulfonamides is 2. The first-order valence-electron chi connectivity index (χ1n) is 11.5. The Morgan fingerprint density at radius 2 is 1.10 bits per heavy atom. The van der Waals surface area contributed by atoms with E-state index in [1.807, 2.05) is 0 Å². The molecule has 2 aromatic carbocycles. The zero-order valence-corrected chi connectivity index (χ0v) is 26.8. The van der Waals surface area contributed by atoms with Crippen molar-refractivity contribution in [3.63, 3.8) is 0 Å². The van der Waals surface area contributed by atoms with Crippen molar-refractivity contribution in [2.75, 3.05) is 5.08 Å². The highest BCUT2D eigenvalue weighted by molar-refractivity contribution is 8.09. The van der Waals surface area contributed by atoms with Crippen molar-refractivity contribution in [2.45, 2.75) is 38.7 Å². The van der Waals surface area contributed by atoms with Gasteiger partial charge in [-0.25, -0.2) is 21.0 Å². The standard InChI is InChI=1S/C21H14F13NO9S5/c1-2-12-3-5-13(6-4-12)43-46(36)11-45-15-9-7-14(8-10-15)44-49(41,42)21(33,34)17(24,25)20(31,32)48(39,40)35-47(37,38)19(29,30)16(22,23)18(26,27)28/h2-10,35H,1,11H2. The normalized spacial score (nSPS) is 15.0. The van der Waals surface area contributed by atoms with Crippen LogP contribution in [0.3, 0.4) is 0 Å². The number of hydrogen-bond donors (Lipinski definition) is 1. The van der Waals surface area contributed by atoms with Gasteiger partial charge in [0.2, 0.25) is 11.1 Å². The molecule has 49 heavy (non-hydrogen) atoms. The van der Waals surface area contributed by atoms with Crippen LogP contribution < -0.4 is 12.5 Å². The summed E-state index contributed by atoms with van der Waals surface area (Å²) >= 11 is -1.32. The van der Waals surface area contributed by atoms with Crippen molar-refractivity contribution >= 4 is 59.1 Å². The number of benzene rings is 2. The second kappa shape index (κ2) is 13.7. The third kappa shape index (κ3) is 8.07. The number of halogens is 13. The third-order valence-corrected chi connectivity index (χ3v) is 12.5. The van der Waals surface area contributed by atoms with Crippen LogP contribution in [0.2, 0.25) is 0 Å². The molecular formula is C21H14F13NO9S5. The van der Waals surface area contributed by atoms with Crippen LogP contribution in [0.25, 0.3) is 6.08 Å². The van der Waals surface area contributed by atoms with Gasteiger partial charge >= 0.3 is 43.9 Å². The van der Waals surface area contributed by atoms with Gasteiger partial charge in [0.05, 0.1) is 0 Å². The van der Waals surface area contributed by atoms with E-state index in [1.165, 1.54) is 18.2 Å². The lowest BCUT2D eigenvalue weighted by molar-refractivity contribution is -0.332. The molecular weight excluding hydrogens is 818 g/mol. The van der Waals surface area contributed by atoms with Crippen LogP contribution in [0.4, 0.5) is 57.1 Å². The highest BCUT2D eigenvalue weighted by atomic mass is 32.3. The van der Waals surface area contributed by atoms with Gasteiger partial charge in [0.15, 0.2) is 0 Å². The Bertz CT molecular complexity index is 1880. The van der Waals surface area contributed by atoms with E-state index in [0.717, 1.165) is 12.1 Å². The number of nitrogens with one attached hydrogen (secondary N) is 1. The van der Waals surface area contributed by atoms with Gasteiger partial charge in [-0.3, -0.25) is 0 Å². The van der Waals surface area contributed by atoms with E-state index in [0.29, 0.717) is 29.5 Å². The molecule has 0 fully saturated rings. The summed E-state index contributed by atoms with van der Waals surface area (Å²) in [5.41, 5.74) is 0.699. The van der Waals surface area contributed by atoms with Gasteiger partial charge in [0.25, 0.3) is 20.0 Å². The van der Waals surface area contributed by atoms with Crippen LogP contribution in [0, 0.1) is 0 Å². The van der Waals surface area contributed by atoms with E-state index in [-0.39, 0.29) is 15.7 Å². The molecule has 278 valence electrons. The van der Waals surface area contributed by atoms with Crippen molar-refractivity contribution in [3.05, 3.63) is 60.7 Å². The molecule has 1 atom stereocenters. The predicted octanol–water partition coefficient (Wildman–Crippen LogP) is 5.69. The van der Waals surface area contributed by atoms with Crippen molar-refractivity contribution in [3.8, 4) is 11.5 Å². The van der Waals surface area contributed by atoms with Crippen molar-refractivity contribution in [2.24, 2.45) is 0 Å². The van der Waals surface area contributed by atoms with E-state index in [2.05, 4.69) is 10.8 Å². The zero-order valence-electron chi connectivity index (χ0n) is 22.7. The van der Waals surface area contributed by atoms with Crippen LogP contribution in [0.1, 0.15) is 5.56 Å². The Labute approximate surface area is 273 Å². The van der Waals surface area contributed by atoms with Crippen LogP contribution >= 0.6 is 11.8 Å². The van der Waals surface area contributed by atoms with E-state index < -0.39 is 84.9 Å². The van der Waals surface area contributed by atoms with Crippen LogP contribution in [-0.4, -0.2) is 68.3 Å². The fraction of sp³-hybridized carbons (Fsp3) is 0.333. The molecule has 28 heteroatoms. The Morgan fingerprint density at radius 3 is 1.53 bits per heavy atom. The Hall–Kier alpha value is -2.82. The van der Waals surface area contributed by atoms with E-state index in [9.17, 15) is 86.5 Å². The summed E-state index contributed by atoms with van der Waals surface area (Å²) in [5, 5.41) is -23.4. The minimum atomic E-state index is -8.47. The van der Waals surface area contributed by atoms with E-state index >= 15 is 0 Å². The molecule has 10 nitrogen and oxygen atoms in total. The molecule has 0 saturated heterocycles. The summed E-state index contributed by atoms with van der Waals surface area (Å²) in [6.07, 6.45) is -6.05. The van der Waals surface area contributed by atoms with Gasteiger partial charge in [-0.2, -0.15) is 65.5 Å². The Balaban J connectivity index is 2.26. The average Bonchev–Trinajstić information content (AvgIpc) is 2.95. The summed E-state index contributed by atoms with van der Waals surface area (Å²) in [4.78, 5) is 0.0404. The maximum absolute atomic E-state index is 14.4. The fourth-order valence-corrected chi connectivity index (χ4v) is 8.42. The van der Waals surface area contributed by atoms with Gasteiger partial charge in [-0.05, 0) is 42.0 Å². The molecule has 0 aliphatic rings. The van der Waals surface area contributed by atoms with Gasteiger partial charge in [0, 0.05) is 4.90 Å². The molecule has 0 aliphatic heterocycles. The topological polar surface area (TPSA) is 150 Å². The average molecular weight is 832 g/mol. The lowest BCUT2D eigenvalue weighted by Gasteiger charge is -2.32. The molecule has 0 aliphatic carbocycles. The van der Waals surface area contributed by atoms with Gasteiger partial charge < -0.3 is 8.37 Å². The molecule has 0 aromatic heterocycles. The summed E-state index contributed by atoms with van der Waals surface area (Å²) < 4.78 is 264. The molecule has 0 heterocycles. The van der Waals surface area contributed by atoms with E-state index in [4.69, 9.17) is 4.18 Å². The molecule has 1 N–H and O–H groups in total. The van der Waals surface area contributed by atoms with Crippen molar-refractivity contribution < 1.29 is 94.9 Å².